The van der Waals surface area contributed by atoms with E-state index >= 15 is 0 Å². The molecule has 11 atom stereocenters. The lowest BCUT2D eigenvalue weighted by Crippen LogP contribution is -2.72. The Morgan fingerprint density at radius 1 is 0.836 bits per heavy atom. The van der Waals surface area contributed by atoms with Gasteiger partial charge in [0.1, 0.15) is 43.2 Å². The number of rotatable bonds is 18. The first kappa shape index (κ1) is 48.4. The highest BCUT2D eigenvalue weighted by Crippen LogP contribution is 2.40. The Morgan fingerprint density at radius 3 is 1.95 bits per heavy atom. The van der Waals surface area contributed by atoms with Crippen LogP contribution in [0.4, 0.5) is 13.2 Å². The van der Waals surface area contributed by atoms with Gasteiger partial charge in [0, 0.05) is 27.7 Å². The number of carboxylic acid groups (broad SMARTS) is 1. The van der Waals surface area contributed by atoms with Gasteiger partial charge in [-0.2, -0.15) is 13.2 Å². The van der Waals surface area contributed by atoms with E-state index in [-0.39, 0.29) is 13.2 Å². The van der Waals surface area contributed by atoms with Gasteiger partial charge in [-0.05, 0) is 11.1 Å². The number of aliphatic carboxylic acids is 1. The minimum absolute atomic E-state index is 0.00366. The normalized spacial score (nSPS) is 27.4. The Morgan fingerprint density at radius 2 is 1.43 bits per heavy atom. The summed E-state index contributed by atoms with van der Waals surface area (Å²) < 4.78 is 91.6. The number of hydrogen-bond donors (Lipinski definition) is 4. The molecule has 2 aromatic rings. The molecule has 0 unspecified atom stereocenters. The number of aliphatic hydroxyl groups is 2. The highest BCUT2D eigenvalue weighted by atomic mass is 19.4. The van der Waals surface area contributed by atoms with Crippen molar-refractivity contribution in [3.05, 3.63) is 71.8 Å². The number of esters is 4. The molecule has 1 amide bonds. The van der Waals surface area contributed by atoms with Crippen LogP contribution < -0.4 is 5.32 Å². The SMILES string of the molecule is CC(=O)OC[C@@H](OC(C)=O)[C@@H](OC(C)=O)[C@@H]1O[C@@](O[C@H]2[C@@H](O)[C@@H](COCc3ccccc3)O[C@@H](O)[C@@H]2OCc2ccccc2)(C(=O)O)C[C@H](OC(C)=O)[C@H]1NC(=O)C(F)(F)F. The van der Waals surface area contributed by atoms with Gasteiger partial charge < -0.3 is 63.3 Å². The summed E-state index contributed by atoms with van der Waals surface area (Å²) in [7, 11) is 0. The predicted molar refractivity (Wildman–Crippen MR) is 194 cm³/mol. The van der Waals surface area contributed by atoms with Crippen molar-refractivity contribution >= 4 is 35.8 Å². The maximum atomic E-state index is 13.8. The summed E-state index contributed by atoms with van der Waals surface area (Å²) in [5.41, 5.74) is 1.24. The van der Waals surface area contributed by atoms with Crippen LogP contribution in [0.2, 0.25) is 0 Å². The first-order valence-corrected chi connectivity index (χ1v) is 18.6. The van der Waals surface area contributed by atoms with E-state index in [1.807, 2.05) is 0 Å². The summed E-state index contributed by atoms with van der Waals surface area (Å²) in [4.78, 5) is 75.3. The summed E-state index contributed by atoms with van der Waals surface area (Å²) in [6.45, 7) is 1.69. The minimum atomic E-state index is -5.61. The van der Waals surface area contributed by atoms with Crippen LogP contribution in [0.5, 0.6) is 0 Å². The third-order valence-electron chi connectivity index (χ3n) is 9.15. The van der Waals surface area contributed by atoms with Crippen LogP contribution in [0, 0.1) is 0 Å². The second-order valence-corrected chi connectivity index (χ2v) is 13.9. The predicted octanol–water partition coefficient (Wildman–Crippen LogP) is 1.23. The highest BCUT2D eigenvalue weighted by Gasteiger charge is 2.62. The fraction of sp³-hybridized carbons (Fsp3) is 0.538. The second kappa shape index (κ2) is 21.5. The number of amides is 1. The summed E-state index contributed by atoms with van der Waals surface area (Å²) in [6.07, 6.45) is -24.9. The molecule has 2 fully saturated rings. The Labute approximate surface area is 346 Å². The monoisotopic (exact) mass is 873 g/mol. The molecule has 2 aromatic carbocycles. The zero-order valence-electron chi connectivity index (χ0n) is 33.2. The van der Waals surface area contributed by atoms with Gasteiger partial charge in [-0.25, -0.2) is 4.79 Å². The molecule has 19 nitrogen and oxygen atoms in total. The number of ether oxygens (including phenoxy) is 9. The lowest BCUT2D eigenvalue weighted by atomic mass is 9.87. The van der Waals surface area contributed by atoms with Gasteiger partial charge in [0.15, 0.2) is 18.5 Å². The molecule has 0 aliphatic carbocycles. The van der Waals surface area contributed by atoms with Crippen molar-refractivity contribution in [2.75, 3.05) is 13.2 Å². The molecule has 336 valence electrons. The number of alkyl halides is 3. The third kappa shape index (κ3) is 13.6. The summed E-state index contributed by atoms with van der Waals surface area (Å²) in [5, 5.41) is 35.6. The van der Waals surface area contributed by atoms with Gasteiger partial charge >= 0.3 is 41.9 Å². The Balaban J connectivity index is 1.85. The summed E-state index contributed by atoms with van der Waals surface area (Å²) in [6, 6.07) is 14.8. The molecule has 2 heterocycles. The number of halogens is 3. The fourth-order valence-electron chi connectivity index (χ4n) is 6.58. The Hall–Kier alpha value is -5.23. The van der Waals surface area contributed by atoms with E-state index < -0.39 is 129 Å². The lowest BCUT2D eigenvalue weighted by molar-refractivity contribution is -0.371. The molecule has 2 saturated heterocycles. The average molecular weight is 874 g/mol. The van der Waals surface area contributed by atoms with Gasteiger partial charge in [-0.15, -0.1) is 0 Å². The van der Waals surface area contributed by atoms with E-state index in [1.165, 1.54) is 0 Å². The van der Waals surface area contributed by atoms with E-state index in [0.29, 0.717) is 11.1 Å². The molecule has 0 bridgehead atoms. The summed E-state index contributed by atoms with van der Waals surface area (Å²) >= 11 is 0. The number of carboxylic acids is 1. The van der Waals surface area contributed by atoms with E-state index in [1.54, 1.807) is 66.0 Å². The van der Waals surface area contributed by atoms with Gasteiger partial charge in [-0.3, -0.25) is 24.0 Å². The van der Waals surface area contributed by atoms with Crippen LogP contribution in [-0.4, -0.2) is 137 Å². The van der Waals surface area contributed by atoms with Crippen molar-refractivity contribution in [2.45, 2.75) is 120 Å². The van der Waals surface area contributed by atoms with Crippen molar-refractivity contribution in [3.63, 3.8) is 0 Å². The van der Waals surface area contributed by atoms with Crippen molar-refractivity contribution in [1.82, 2.24) is 5.32 Å². The van der Waals surface area contributed by atoms with Crippen molar-refractivity contribution in [2.24, 2.45) is 0 Å². The van der Waals surface area contributed by atoms with Crippen molar-refractivity contribution in [3.8, 4) is 0 Å². The minimum Gasteiger partial charge on any atom is -0.477 e. The number of carbonyl (C=O) groups excluding carboxylic acids is 5. The molecular formula is C39H46F3NO18. The van der Waals surface area contributed by atoms with Gasteiger partial charge in [0.05, 0.1) is 32.3 Å². The van der Waals surface area contributed by atoms with Gasteiger partial charge in [-0.1, -0.05) is 60.7 Å². The maximum absolute atomic E-state index is 13.8. The Bertz CT molecular complexity index is 1820. The summed E-state index contributed by atoms with van der Waals surface area (Å²) in [5.74, 6) is -12.6. The smallest absolute Gasteiger partial charge is 0.471 e. The lowest BCUT2D eigenvalue weighted by Gasteiger charge is -2.51. The number of nitrogens with one attached hydrogen (secondary N) is 1. The highest BCUT2D eigenvalue weighted by molar-refractivity contribution is 5.82. The van der Waals surface area contributed by atoms with Crippen LogP contribution in [0.1, 0.15) is 45.2 Å². The van der Waals surface area contributed by atoms with Gasteiger partial charge in [0.25, 0.3) is 5.79 Å². The molecular weight excluding hydrogens is 827 g/mol. The second-order valence-electron chi connectivity index (χ2n) is 13.9. The van der Waals surface area contributed by atoms with Crippen molar-refractivity contribution < 1.29 is 99.9 Å². The average Bonchev–Trinajstić information content (AvgIpc) is 3.17. The molecule has 2 aliphatic rings. The van der Waals surface area contributed by atoms with Gasteiger partial charge in [0.2, 0.25) is 0 Å². The van der Waals surface area contributed by atoms with E-state index in [0.717, 1.165) is 27.7 Å². The standard InChI is InChI=1S/C39H46F3NO18/c1-20(44)54-19-28(57-22(3)46)31(58-23(4)47)32-29(43-36(50)39(40,41)42)26(56-21(2)45)15-38(60-32,37(51)52)61-33-30(48)27(18-53-16-24-11-7-5-8-12-24)59-35(49)34(33)55-17-25-13-9-6-10-14-25/h5-14,26-35,48-49H,15-19H2,1-4H3,(H,43,50)(H,51,52)/t26-,27+,28+,29+,30-,31+,32+,33-,34+,35+,38-/m0/s1. The molecule has 22 heteroatoms. The van der Waals surface area contributed by atoms with Crippen LogP contribution >= 0.6 is 0 Å². The molecule has 0 spiro atoms. The van der Waals surface area contributed by atoms with E-state index in [9.17, 15) is 57.3 Å². The molecule has 4 rings (SSSR count). The molecule has 0 aromatic heterocycles. The number of aliphatic hydroxyl groups excluding tert-OH is 2. The molecule has 61 heavy (non-hydrogen) atoms. The van der Waals surface area contributed by atoms with E-state index in [2.05, 4.69) is 0 Å². The Kier molecular flexibility index (Phi) is 17.1. The van der Waals surface area contributed by atoms with Crippen LogP contribution in [0.15, 0.2) is 60.7 Å². The molecule has 4 N–H and O–H groups in total. The first-order valence-electron chi connectivity index (χ1n) is 18.6. The topological polar surface area (TPSA) is 258 Å². The largest absolute Gasteiger partial charge is 0.477 e. The van der Waals surface area contributed by atoms with Crippen molar-refractivity contribution in [1.29, 1.82) is 0 Å². The third-order valence-corrected chi connectivity index (χ3v) is 9.15. The van der Waals surface area contributed by atoms with Crippen LogP contribution in [0.3, 0.4) is 0 Å². The van der Waals surface area contributed by atoms with E-state index in [4.69, 9.17) is 42.6 Å². The molecule has 0 saturated carbocycles. The number of benzene rings is 2. The number of carbonyl (C=O) groups is 6. The molecule has 2 aliphatic heterocycles. The zero-order chi connectivity index (χ0) is 45.1. The number of hydrogen-bond acceptors (Lipinski definition) is 17. The maximum Gasteiger partial charge on any atom is 0.471 e. The quantitative estimate of drug-likeness (QED) is 0.121. The zero-order valence-corrected chi connectivity index (χ0v) is 33.2. The fourth-order valence-corrected chi connectivity index (χ4v) is 6.58. The van der Waals surface area contributed by atoms with Crippen LogP contribution in [-0.2, 0) is 84.6 Å². The molecule has 0 radical (unpaired) electrons. The first-order chi connectivity index (χ1) is 28.7. The van der Waals surface area contributed by atoms with Crippen LogP contribution in [0.25, 0.3) is 0 Å².